The van der Waals surface area contributed by atoms with Crippen molar-refractivity contribution in [2.45, 2.75) is 26.1 Å². The molecule has 2 heterocycles. The fourth-order valence-corrected chi connectivity index (χ4v) is 2.81. The molecule has 1 N–H and O–H groups in total. The van der Waals surface area contributed by atoms with Gasteiger partial charge in [0.1, 0.15) is 0 Å². The van der Waals surface area contributed by atoms with Crippen molar-refractivity contribution >= 4 is 11.6 Å². The van der Waals surface area contributed by atoms with Gasteiger partial charge in [-0.15, -0.1) is 0 Å². The van der Waals surface area contributed by atoms with Crippen LogP contribution in [0.2, 0.25) is 5.02 Å². The quantitative estimate of drug-likeness (QED) is 0.873. The van der Waals surface area contributed by atoms with Crippen molar-refractivity contribution in [2.24, 2.45) is 0 Å². The van der Waals surface area contributed by atoms with E-state index in [2.05, 4.69) is 10.4 Å². The fourth-order valence-electron chi connectivity index (χ4n) is 2.59. The van der Waals surface area contributed by atoms with Gasteiger partial charge in [0.05, 0.1) is 27.7 Å². The number of hydrogen-bond donors (Lipinski definition) is 1. The van der Waals surface area contributed by atoms with E-state index in [9.17, 15) is 13.2 Å². The molecule has 1 aromatic heterocycles. The minimum absolute atomic E-state index is 0.300. The van der Waals surface area contributed by atoms with Gasteiger partial charge in [-0.25, -0.2) is 4.68 Å². The average Bonchev–Trinajstić information content (AvgIpc) is 2.76. The number of aromatic nitrogens is 2. The minimum atomic E-state index is -4.48. The summed E-state index contributed by atoms with van der Waals surface area (Å²) in [5.41, 5.74) is 2.41. The number of nitrogens with one attached hydrogen (secondary N) is 1. The first-order valence-corrected chi connectivity index (χ1v) is 6.91. The van der Waals surface area contributed by atoms with E-state index >= 15 is 0 Å². The highest BCUT2D eigenvalue weighted by Gasteiger charge is 2.34. The molecule has 3 nitrogen and oxygen atoms in total. The van der Waals surface area contributed by atoms with E-state index in [0.29, 0.717) is 12.2 Å². The Morgan fingerprint density at radius 3 is 2.81 bits per heavy atom. The molecule has 0 spiro atoms. The zero-order valence-corrected chi connectivity index (χ0v) is 12.0. The van der Waals surface area contributed by atoms with Crippen LogP contribution in [0.4, 0.5) is 13.2 Å². The lowest BCUT2D eigenvalue weighted by molar-refractivity contribution is -0.137. The van der Waals surface area contributed by atoms with E-state index in [1.165, 1.54) is 6.07 Å². The predicted molar refractivity (Wildman–Crippen MR) is 73.7 cm³/mol. The molecule has 112 valence electrons. The van der Waals surface area contributed by atoms with E-state index in [1.807, 2.05) is 6.92 Å². The van der Waals surface area contributed by atoms with Crippen molar-refractivity contribution in [1.82, 2.24) is 15.1 Å². The number of halogens is 4. The highest BCUT2D eigenvalue weighted by molar-refractivity contribution is 6.31. The molecule has 21 heavy (non-hydrogen) atoms. The molecule has 1 aromatic carbocycles. The van der Waals surface area contributed by atoms with Gasteiger partial charge in [0.2, 0.25) is 0 Å². The summed E-state index contributed by atoms with van der Waals surface area (Å²) in [6.45, 7) is 3.35. The van der Waals surface area contributed by atoms with Gasteiger partial charge >= 0.3 is 6.18 Å². The molecule has 3 rings (SSSR count). The lowest BCUT2D eigenvalue weighted by Gasteiger charge is -2.16. The Hall–Kier alpha value is -1.53. The molecular formula is C14H13ClF3N3. The van der Waals surface area contributed by atoms with E-state index in [-0.39, 0.29) is 5.02 Å². The molecule has 0 saturated heterocycles. The molecule has 7 heteroatoms. The van der Waals surface area contributed by atoms with Crippen LogP contribution in [0.1, 0.15) is 22.5 Å². The Kier molecular flexibility index (Phi) is 3.45. The lowest BCUT2D eigenvalue weighted by Crippen LogP contribution is -2.24. The second-order valence-electron chi connectivity index (χ2n) is 5.01. The molecule has 0 bridgehead atoms. The second-order valence-corrected chi connectivity index (χ2v) is 5.42. The van der Waals surface area contributed by atoms with Gasteiger partial charge in [-0.3, -0.25) is 0 Å². The summed E-state index contributed by atoms with van der Waals surface area (Å²) in [4.78, 5) is 0. The van der Waals surface area contributed by atoms with Crippen molar-refractivity contribution in [3.63, 3.8) is 0 Å². The van der Waals surface area contributed by atoms with Crippen molar-refractivity contribution in [1.29, 1.82) is 0 Å². The largest absolute Gasteiger partial charge is 0.417 e. The van der Waals surface area contributed by atoms with Crippen LogP contribution in [0, 0.1) is 6.92 Å². The number of nitrogens with zero attached hydrogens (tertiary/aromatic N) is 2. The number of aryl methyl sites for hydroxylation is 1. The summed E-state index contributed by atoms with van der Waals surface area (Å²) in [5.74, 6) is 0. The van der Waals surface area contributed by atoms with Crippen molar-refractivity contribution in [3.05, 3.63) is 45.7 Å². The van der Waals surface area contributed by atoms with E-state index in [0.717, 1.165) is 36.0 Å². The van der Waals surface area contributed by atoms with Gasteiger partial charge in [0, 0.05) is 25.1 Å². The van der Waals surface area contributed by atoms with Gasteiger partial charge < -0.3 is 5.32 Å². The summed E-state index contributed by atoms with van der Waals surface area (Å²) >= 11 is 5.66. The molecular weight excluding hydrogens is 303 g/mol. The summed E-state index contributed by atoms with van der Waals surface area (Å²) < 4.78 is 40.5. The van der Waals surface area contributed by atoms with Crippen LogP contribution in [-0.4, -0.2) is 16.3 Å². The Balaban J connectivity index is 2.14. The molecule has 0 radical (unpaired) electrons. The van der Waals surface area contributed by atoms with Crippen molar-refractivity contribution in [2.75, 3.05) is 6.54 Å². The highest BCUT2D eigenvalue weighted by atomic mass is 35.5. The Morgan fingerprint density at radius 2 is 2.10 bits per heavy atom. The maximum Gasteiger partial charge on any atom is 0.417 e. The monoisotopic (exact) mass is 315 g/mol. The SMILES string of the molecule is Cc1nn(-c2ccc(Cl)c(C(F)(F)F)c2)c2c1CNCC2. The zero-order chi connectivity index (χ0) is 15.2. The number of hydrogen-bond acceptors (Lipinski definition) is 2. The van der Waals surface area contributed by atoms with Crippen LogP contribution in [-0.2, 0) is 19.1 Å². The molecule has 0 fully saturated rings. The normalized spacial score (nSPS) is 15.1. The number of alkyl halides is 3. The summed E-state index contributed by atoms with van der Waals surface area (Å²) in [7, 11) is 0. The number of benzene rings is 1. The highest BCUT2D eigenvalue weighted by Crippen LogP contribution is 2.36. The van der Waals surface area contributed by atoms with Crippen LogP contribution in [0.3, 0.4) is 0 Å². The van der Waals surface area contributed by atoms with E-state index in [4.69, 9.17) is 11.6 Å². The molecule has 0 amide bonds. The molecule has 0 unspecified atom stereocenters. The predicted octanol–water partition coefficient (Wildman–Crippen LogP) is 3.50. The minimum Gasteiger partial charge on any atom is -0.312 e. The molecule has 1 aliphatic heterocycles. The van der Waals surface area contributed by atoms with Crippen LogP contribution >= 0.6 is 11.6 Å². The van der Waals surface area contributed by atoms with Gasteiger partial charge in [-0.2, -0.15) is 18.3 Å². The third-order valence-electron chi connectivity index (χ3n) is 3.63. The van der Waals surface area contributed by atoms with Crippen LogP contribution in [0.25, 0.3) is 5.69 Å². The lowest BCUT2D eigenvalue weighted by atomic mass is 10.1. The number of rotatable bonds is 1. The third kappa shape index (κ3) is 2.53. The Labute approximate surface area is 124 Å². The molecule has 0 saturated carbocycles. The summed E-state index contributed by atoms with van der Waals surface area (Å²) in [5, 5.41) is 7.32. The Morgan fingerprint density at radius 1 is 1.33 bits per heavy atom. The van der Waals surface area contributed by atoms with E-state index in [1.54, 1.807) is 10.7 Å². The van der Waals surface area contributed by atoms with Gasteiger partial charge in [-0.05, 0) is 25.1 Å². The molecule has 2 aromatic rings. The second kappa shape index (κ2) is 5.03. The standard InChI is InChI=1S/C14H13ClF3N3/c1-8-10-7-19-5-4-13(10)21(20-8)9-2-3-12(15)11(6-9)14(16,17)18/h2-3,6,19H,4-5,7H2,1H3. The van der Waals surface area contributed by atoms with Crippen molar-refractivity contribution in [3.8, 4) is 5.69 Å². The fraction of sp³-hybridized carbons (Fsp3) is 0.357. The van der Waals surface area contributed by atoms with E-state index < -0.39 is 11.7 Å². The topological polar surface area (TPSA) is 29.9 Å². The van der Waals surface area contributed by atoms with Crippen LogP contribution < -0.4 is 5.32 Å². The molecule has 0 atom stereocenters. The van der Waals surface area contributed by atoms with Gasteiger partial charge in [0.15, 0.2) is 0 Å². The first kappa shape index (κ1) is 14.4. The number of fused-ring (bicyclic) bond motifs is 1. The maximum absolute atomic E-state index is 13.0. The average molecular weight is 316 g/mol. The van der Waals surface area contributed by atoms with Crippen LogP contribution in [0.15, 0.2) is 18.2 Å². The van der Waals surface area contributed by atoms with Crippen LogP contribution in [0.5, 0.6) is 0 Å². The first-order chi connectivity index (χ1) is 9.88. The maximum atomic E-state index is 13.0. The van der Waals surface area contributed by atoms with Crippen molar-refractivity contribution < 1.29 is 13.2 Å². The zero-order valence-electron chi connectivity index (χ0n) is 11.3. The van der Waals surface area contributed by atoms with Gasteiger partial charge in [0.25, 0.3) is 0 Å². The summed E-state index contributed by atoms with van der Waals surface area (Å²) in [6, 6.07) is 3.88. The molecule has 1 aliphatic rings. The molecule has 0 aliphatic carbocycles. The van der Waals surface area contributed by atoms with Gasteiger partial charge in [-0.1, -0.05) is 11.6 Å². The smallest absolute Gasteiger partial charge is 0.312 e. The Bertz CT molecular complexity index is 692. The third-order valence-corrected chi connectivity index (χ3v) is 3.96. The summed E-state index contributed by atoms with van der Waals surface area (Å²) in [6.07, 6.45) is -3.74. The first-order valence-electron chi connectivity index (χ1n) is 6.53.